The molecule has 46 heavy (non-hydrogen) atoms. The number of sulfonamides is 1. The van der Waals surface area contributed by atoms with Gasteiger partial charge in [0.25, 0.3) is 10.0 Å². The molecule has 1 atom stereocenters. The van der Waals surface area contributed by atoms with Gasteiger partial charge in [0, 0.05) is 24.0 Å². The van der Waals surface area contributed by atoms with Gasteiger partial charge in [0.05, 0.1) is 10.6 Å². The van der Waals surface area contributed by atoms with E-state index in [1.165, 1.54) is 17.0 Å². The van der Waals surface area contributed by atoms with Crippen LogP contribution in [0.2, 0.25) is 5.02 Å². The fraction of sp³-hybridized carbons (Fsp3) is 0.297. The number of halogens is 1. The molecule has 0 radical (unpaired) electrons. The molecule has 1 saturated carbocycles. The van der Waals surface area contributed by atoms with Crippen LogP contribution in [0.15, 0.2) is 114 Å². The normalized spacial score (nSPS) is 14.3. The summed E-state index contributed by atoms with van der Waals surface area (Å²) in [5.74, 6) is -0.750. The van der Waals surface area contributed by atoms with Gasteiger partial charge in [-0.05, 0) is 72.9 Å². The van der Waals surface area contributed by atoms with Gasteiger partial charge in [-0.15, -0.1) is 0 Å². The average molecular weight is 658 g/mol. The topological polar surface area (TPSA) is 86.8 Å². The second kappa shape index (κ2) is 15.4. The number of hydrogen-bond acceptors (Lipinski definition) is 4. The Morgan fingerprint density at radius 1 is 0.826 bits per heavy atom. The molecule has 1 N–H and O–H groups in total. The minimum absolute atomic E-state index is 0.0323. The number of anilines is 1. The second-order valence-electron chi connectivity index (χ2n) is 11.9. The molecule has 0 unspecified atom stereocenters. The Labute approximate surface area is 277 Å². The van der Waals surface area contributed by atoms with E-state index in [9.17, 15) is 18.0 Å². The average Bonchev–Trinajstić information content (AvgIpc) is 3.06. The van der Waals surface area contributed by atoms with Crippen LogP contribution in [0, 0.1) is 6.92 Å². The van der Waals surface area contributed by atoms with Crippen molar-refractivity contribution in [1.29, 1.82) is 0 Å². The quantitative estimate of drug-likeness (QED) is 0.179. The van der Waals surface area contributed by atoms with Crippen molar-refractivity contribution < 1.29 is 18.0 Å². The van der Waals surface area contributed by atoms with Crippen LogP contribution in [0.5, 0.6) is 0 Å². The molecule has 0 aliphatic heterocycles. The number of nitrogens with one attached hydrogen (secondary N) is 1. The summed E-state index contributed by atoms with van der Waals surface area (Å²) in [6.07, 6.45) is 5.28. The van der Waals surface area contributed by atoms with E-state index in [2.05, 4.69) is 5.32 Å². The summed E-state index contributed by atoms with van der Waals surface area (Å²) < 4.78 is 29.4. The van der Waals surface area contributed by atoms with Gasteiger partial charge >= 0.3 is 0 Å². The van der Waals surface area contributed by atoms with Gasteiger partial charge in [-0.3, -0.25) is 13.9 Å². The largest absolute Gasteiger partial charge is 0.352 e. The first-order valence-electron chi connectivity index (χ1n) is 15.7. The second-order valence-corrected chi connectivity index (χ2v) is 14.2. The van der Waals surface area contributed by atoms with E-state index in [1.54, 1.807) is 54.6 Å². The van der Waals surface area contributed by atoms with Crippen molar-refractivity contribution in [1.82, 2.24) is 10.2 Å². The van der Waals surface area contributed by atoms with E-state index in [1.807, 2.05) is 49.4 Å². The lowest BCUT2D eigenvalue weighted by Crippen LogP contribution is -2.55. The lowest BCUT2D eigenvalue weighted by Gasteiger charge is -2.35. The highest BCUT2D eigenvalue weighted by molar-refractivity contribution is 7.92. The third-order valence-corrected chi connectivity index (χ3v) is 10.4. The van der Waals surface area contributed by atoms with Crippen molar-refractivity contribution in [3.63, 3.8) is 0 Å². The molecule has 2 amide bonds. The van der Waals surface area contributed by atoms with Crippen molar-refractivity contribution in [2.24, 2.45) is 0 Å². The van der Waals surface area contributed by atoms with Gasteiger partial charge in [0.1, 0.15) is 12.6 Å². The Bertz CT molecular complexity index is 1730. The number of nitrogens with zero attached hydrogens (tertiary/aromatic N) is 2. The van der Waals surface area contributed by atoms with Gasteiger partial charge in [-0.1, -0.05) is 104 Å². The first-order valence-corrected chi connectivity index (χ1v) is 17.6. The predicted octanol–water partition coefficient (Wildman–Crippen LogP) is 6.93. The van der Waals surface area contributed by atoms with Crippen LogP contribution in [-0.4, -0.2) is 43.8 Å². The van der Waals surface area contributed by atoms with Crippen LogP contribution in [0.25, 0.3) is 0 Å². The number of aryl methyl sites for hydroxylation is 1. The third kappa shape index (κ3) is 8.56. The van der Waals surface area contributed by atoms with Gasteiger partial charge in [-0.25, -0.2) is 8.42 Å². The van der Waals surface area contributed by atoms with Gasteiger partial charge < -0.3 is 10.2 Å². The summed E-state index contributed by atoms with van der Waals surface area (Å²) in [6.45, 7) is 1.45. The molecule has 0 heterocycles. The maximum atomic E-state index is 14.6. The standard InChI is InChI=1S/C37H40ClN3O4S/c1-28-13-11-20-33(23-28)41(46(44,45)34-21-9-4-10-22-34)27-36(42)40(26-30-16-12-17-31(38)24-30)35(25-29-14-5-2-6-15-29)37(43)39-32-18-7-3-8-19-32/h2,4-6,9-17,20-24,32,35H,3,7-8,18-19,25-27H2,1H3,(H,39,43)/t35-/m1/s1. The van der Waals surface area contributed by atoms with Gasteiger partial charge in [0.2, 0.25) is 11.8 Å². The van der Waals surface area contributed by atoms with Crippen molar-refractivity contribution >= 4 is 39.1 Å². The monoisotopic (exact) mass is 657 g/mol. The molecular formula is C37H40ClN3O4S. The summed E-state index contributed by atoms with van der Waals surface area (Å²) in [4.78, 5) is 30.4. The van der Waals surface area contributed by atoms with E-state index < -0.39 is 28.5 Å². The van der Waals surface area contributed by atoms with Crippen LogP contribution in [0.4, 0.5) is 5.69 Å². The number of amides is 2. The third-order valence-electron chi connectivity index (χ3n) is 8.36. The molecule has 4 aromatic rings. The molecule has 0 bridgehead atoms. The Morgan fingerprint density at radius 2 is 1.48 bits per heavy atom. The molecule has 1 fully saturated rings. The minimum Gasteiger partial charge on any atom is -0.352 e. The zero-order chi connectivity index (χ0) is 32.5. The van der Waals surface area contributed by atoms with Crippen molar-refractivity contribution in [2.75, 3.05) is 10.8 Å². The van der Waals surface area contributed by atoms with Crippen molar-refractivity contribution in [2.45, 2.75) is 69.0 Å². The predicted molar refractivity (Wildman–Crippen MR) is 183 cm³/mol. The highest BCUT2D eigenvalue weighted by atomic mass is 35.5. The van der Waals surface area contributed by atoms with E-state index in [4.69, 9.17) is 11.6 Å². The van der Waals surface area contributed by atoms with E-state index >= 15 is 0 Å². The molecule has 0 saturated heterocycles. The van der Waals surface area contributed by atoms with Gasteiger partial charge in [0.15, 0.2) is 0 Å². The van der Waals surface area contributed by atoms with Crippen LogP contribution in [0.3, 0.4) is 0 Å². The Kier molecular flexibility index (Phi) is 11.1. The smallest absolute Gasteiger partial charge is 0.264 e. The number of carbonyl (C=O) groups excluding carboxylic acids is 2. The summed E-state index contributed by atoms with van der Waals surface area (Å²) in [5.41, 5.74) is 2.84. The fourth-order valence-corrected chi connectivity index (χ4v) is 7.60. The SMILES string of the molecule is Cc1cccc(N(CC(=O)N(Cc2cccc(Cl)c2)[C@H](Cc2ccccc2)C(=O)NC2CCCCC2)S(=O)(=O)c2ccccc2)c1. The van der Waals surface area contributed by atoms with Crippen LogP contribution < -0.4 is 9.62 Å². The highest BCUT2D eigenvalue weighted by Crippen LogP contribution is 2.26. The van der Waals surface area contributed by atoms with Crippen LogP contribution >= 0.6 is 11.6 Å². The number of hydrogen-bond donors (Lipinski definition) is 1. The number of carbonyl (C=O) groups is 2. The Hall–Kier alpha value is -4.14. The first-order chi connectivity index (χ1) is 22.2. The van der Waals surface area contributed by atoms with Crippen LogP contribution in [-0.2, 0) is 32.6 Å². The molecule has 240 valence electrons. The molecule has 0 aromatic heterocycles. The minimum atomic E-state index is -4.14. The van der Waals surface area contributed by atoms with E-state index in [0.717, 1.165) is 53.1 Å². The lowest BCUT2D eigenvalue weighted by molar-refractivity contribution is -0.140. The maximum Gasteiger partial charge on any atom is 0.264 e. The molecule has 1 aliphatic carbocycles. The number of benzene rings is 4. The summed E-state index contributed by atoms with van der Waals surface area (Å²) in [6, 6.07) is 31.0. The molecule has 7 nitrogen and oxygen atoms in total. The molecule has 5 rings (SSSR count). The molecule has 9 heteroatoms. The molecule has 0 spiro atoms. The fourth-order valence-electron chi connectivity index (χ4n) is 5.96. The summed E-state index contributed by atoms with van der Waals surface area (Å²) >= 11 is 6.35. The van der Waals surface area contributed by atoms with E-state index in [-0.39, 0.29) is 29.8 Å². The van der Waals surface area contributed by atoms with Crippen molar-refractivity contribution in [3.8, 4) is 0 Å². The highest BCUT2D eigenvalue weighted by Gasteiger charge is 2.35. The Morgan fingerprint density at radius 3 is 2.15 bits per heavy atom. The maximum absolute atomic E-state index is 14.6. The zero-order valence-corrected chi connectivity index (χ0v) is 27.6. The lowest BCUT2D eigenvalue weighted by atomic mass is 9.94. The summed E-state index contributed by atoms with van der Waals surface area (Å²) in [7, 11) is -4.14. The molecule has 4 aromatic carbocycles. The Balaban J connectivity index is 1.56. The summed E-state index contributed by atoms with van der Waals surface area (Å²) in [5, 5.41) is 3.73. The molecule has 1 aliphatic rings. The van der Waals surface area contributed by atoms with Gasteiger partial charge in [-0.2, -0.15) is 0 Å². The van der Waals surface area contributed by atoms with Crippen LogP contribution in [0.1, 0.15) is 48.8 Å². The molecular weight excluding hydrogens is 618 g/mol. The van der Waals surface area contributed by atoms with Crippen molar-refractivity contribution in [3.05, 3.63) is 131 Å². The first kappa shape index (κ1) is 33.2. The number of rotatable bonds is 12. The van der Waals surface area contributed by atoms with E-state index in [0.29, 0.717) is 10.7 Å². The zero-order valence-electron chi connectivity index (χ0n) is 26.0.